The van der Waals surface area contributed by atoms with Gasteiger partial charge in [0.2, 0.25) is 0 Å². The summed E-state index contributed by atoms with van der Waals surface area (Å²) < 4.78 is 0. The average molecular weight is 182 g/mol. The van der Waals surface area contributed by atoms with Crippen LogP contribution in [0.1, 0.15) is 0 Å². The van der Waals surface area contributed by atoms with E-state index in [0.717, 1.165) is 0 Å². The first-order valence-electron chi connectivity index (χ1n) is 3.25. The standard InChI is InChI=1S/C5H12ClN3O2/c1-10-8-3-7-5(6)9(4-8)11-2/h5,7H,3-4H2,1-2H3. The van der Waals surface area contributed by atoms with E-state index < -0.39 is 0 Å². The fourth-order valence-corrected chi connectivity index (χ4v) is 1.04. The van der Waals surface area contributed by atoms with Crippen LogP contribution in [0.2, 0.25) is 0 Å². The first-order valence-corrected chi connectivity index (χ1v) is 3.69. The number of rotatable bonds is 2. The maximum atomic E-state index is 5.81. The number of nitrogens with zero attached hydrogens (tertiary/aromatic N) is 2. The van der Waals surface area contributed by atoms with Crippen molar-refractivity contribution in [2.75, 3.05) is 27.6 Å². The molecule has 0 amide bonds. The van der Waals surface area contributed by atoms with Gasteiger partial charge in [-0.05, 0) is 0 Å². The van der Waals surface area contributed by atoms with E-state index in [2.05, 4.69) is 5.32 Å². The summed E-state index contributed by atoms with van der Waals surface area (Å²) in [6, 6.07) is 0. The second-order valence-electron chi connectivity index (χ2n) is 2.10. The summed E-state index contributed by atoms with van der Waals surface area (Å²) in [6.07, 6.45) is 0. The van der Waals surface area contributed by atoms with Gasteiger partial charge in [-0.15, -0.1) is 5.06 Å². The van der Waals surface area contributed by atoms with Crippen molar-refractivity contribution >= 4 is 11.6 Å². The van der Waals surface area contributed by atoms with Crippen molar-refractivity contribution in [2.24, 2.45) is 0 Å². The Bertz CT molecular complexity index is 126. The third-order valence-corrected chi connectivity index (χ3v) is 1.85. The molecule has 1 N–H and O–H groups in total. The van der Waals surface area contributed by atoms with Gasteiger partial charge in [-0.1, -0.05) is 11.6 Å². The van der Waals surface area contributed by atoms with Crippen LogP contribution in [0.15, 0.2) is 0 Å². The molecule has 1 fully saturated rings. The molecule has 0 saturated carbocycles. The largest absolute Gasteiger partial charge is 0.300 e. The minimum atomic E-state index is -0.286. The zero-order chi connectivity index (χ0) is 8.27. The SMILES string of the molecule is CON1CNC(Cl)N(OC)C1. The summed E-state index contributed by atoms with van der Waals surface area (Å²) in [4.78, 5) is 9.91. The summed E-state index contributed by atoms with van der Waals surface area (Å²) in [5, 5.41) is 6.20. The highest BCUT2D eigenvalue weighted by atomic mass is 35.5. The van der Waals surface area contributed by atoms with Crippen LogP contribution in [0, 0.1) is 0 Å². The van der Waals surface area contributed by atoms with Crippen LogP contribution in [0.3, 0.4) is 0 Å². The van der Waals surface area contributed by atoms with Gasteiger partial charge >= 0.3 is 0 Å². The number of hydrogen-bond acceptors (Lipinski definition) is 5. The molecule has 0 aliphatic carbocycles. The molecule has 0 aromatic carbocycles. The van der Waals surface area contributed by atoms with Gasteiger partial charge in [0.05, 0.1) is 20.9 Å². The molecule has 1 aliphatic rings. The summed E-state index contributed by atoms with van der Waals surface area (Å²) in [7, 11) is 3.17. The lowest BCUT2D eigenvalue weighted by atomic mass is 10.7. The molecule has 11 heavy (non-hydrogen) atoms. The number of alkyl halides is 1. The number of nitrogens with one attached hydrogen (secondary N) is 1. The highest BCUT2D eigenvalue weighted by molar-refractivity contribution is 6.19. The van der Waals surface area contributed by atoms with E-state index in [1.165, 1.54) is 0 Å². The molecule has 66 valence electrons. The predicted octanol–water partition coefficient (Wildman–Crippen LogP) is -0.246. The van der Waals surface area contributed by atoms with Crippen LogP contribution in [-0.2, 0) is 9.68 Å². The maximum absolute atomic E-state index is 5.81. The van der Waals surface area contributed by atoms with Crippen LogP contribution in [0.4, 0.5) is 0 Å². The quantitative estimate of drug-likeness (QED) is 0.470. The lowest BCUT2D eigenvalue weighted by Gasteiger charge is -2.35. The van der Waals surface area contributed by atoms with E-state index in [-0.39, 0.29) is 5.62 Å². The Morgan fingerprint density at radius 2 is 2.18 bits per heavy atom. The molecule has 1 aliphatic heterocycles. The van der Waals surface area contributed by atoms with Crippen LogP contribution < -0.4 is 5.32 Å². The Kier molecular flexibility index (Phi) is 3.50. The molecular formula is C5H12ClN3O2. The van der Waals surface area contributed by atoms with Gasteiger partial charge in [0.15, 0.2) is 5.62 Å². The van der Waals surface area contributed by atoms with Gasteiger partial charge in [-0.25, -0.2) is 0 Å². The Morgan fingerprint density at radius 3 is 2.73 bits per heavy atom. The van der Waals surface area contributed by atoms with Crippen molar-refractivity contribution in [3.8, 4) is 0 Å². The Balaban J connectivity index is 2.37. The Labute approximate surface area is 70.7 Å². The fraction of sp³-hybridized carbons (Fsp3) is 1.00. The minimum absolute atomic E-state index is 0.286. The Hall–Kier alpha value is 0.0900. The van der Waals surface area contributed by atoms with Crippen molar-refractivity contribution in [3.05, 3.63) is 0 Å². The summed E-state index contributed by atoms with van der Waals surface area (Å²) in [5.41, 5.74) is -0.286. The van der Waals surface area contributed by atoms with Crippen LogP contribution in [-0.4, -0.2) is 43.3 Å². The van der Waals surface area contributed by atoms with Crippen molar-refractivity contribution in [2.45, 2.75) is 5.62 Å². The molecule has 0 aromatic rings. The third kappa shape index (κ3) is 2.26. The first kappa shape index (κ1) is 9.18. The summed E-state index contributed by atoms with van der Waals surface area (Å²) in [5.74, 6) is 0. The molecule has 1 rings (SSSR count). The average Bonchev–Trinajstić information content (AvgIpc) is 2.05. The highest BCUT2D eigenvalue weighted by Crippen LogP contribution is 2.07. The lowest BCUT2D eigenvalue weighted by molar-refractivity contribution is -0.270. The van der Waals surface area contributed by atoms with Crippen LogP contribution in [0.25, 0.3) is 0 Å². The molecule has 0 spiro atoms. The number of hydroxylamine groups is 4. The molecular weight excluding hydrogens is 170 g/mol. The van der Waals surface area contributed by atoms with Gasteiger partial charge < -0.3 is 0 Å². The molecule has 6 heteroatoms. The van der Waals surface area contributed by atoms with E-state index in [9.17, 15) is 0 Å². The topological polar surface area (TPSA) is 37.0 Å². The van der Waals surface area contributed by atoms with Gasteiger partial charge in [0.1, 0.15) is 6.67 Å². The maximum Gasteiger partial charge on any atom is 0.162 e. The van der Waals surface area contributed by atoms with Gasteiger partial charge in [0.25, 0.3) is 0 Å². The van der Waals surface area contributed by atoms with E-state index in [1.807, 2.05) is 0 Å². The van der Waals surface area contributed by atoms with E-state index in [1.54, 1.807) is 24.3 Å². The number of hydrogen-bond donors (Lipinski definition) is 1. The van der Waals surface area contributed by atoms with Gasteiger partial charge in [-0.2, -0.15) is 5.06 Å². The van der Waals surface area contributed by atoms with Gasteiger partial charge in [-0.3, -0.25) is 15.0 Å². The predicted molar refractivity (Wildman–Crippen MR) is 40.2 cm³/mol. The molecule has 0 aromatic heterocycles. The van der Waals surface area contributed by atoms with Crippen molar-refractivity contribution < 1.29 is 9.68 Å². The second kappa shape index (κ2) is 4.20. The lowest BCUT2D eigenvalue weighted by Crippen LogP contribution is -2.56. The second-order valence-corrected chi connectivity index (χ2v) is 2.52. The smallest absolute Gasteiger partial charge is 0.162 e. The summed E-state index contributed by atoms with van der Waals surface area (Å²) in [6.45, 7) is 1.14. The molecule has 1 saturated heterocycles. The molecule has 0 bridgehead atoms. The number of halogens is 1. The summed E-state index contributed by atoms with van der Waals surface area (Å²) >= 11 is 5.81. The van der Waals surface area contributed by atoms with Crippen molar-refractivity contribution in [1.29, 1.82) is 0 Å². The van der Waals surface area contributed by atoms with E-state index in [4.69, 9.17) is 21.3 Å². The Morgan fingerprint density at radius 1 is 1.45 bits per heavy atom. The van der Waals surface area contributed by atoms with Crippen LogP contribution >= 0.6 is 11.6 Å². The molecule has 1 atom stereocenters. The van der Waals surface area contributed by atoms with Crippen molar-refractivity contribution in [1.82, 2.24) is 15.4 Å². The van der Waals surface area contributed by atoms with E-state index >= 15 is 0 Å². The van der Waals surface area contributed by atoms with E-state index in [0.29, 0.717) is 13.3 Å². The minimum Gasteiger partial charge on any atom is -0.300 e. The highest BCUT2D eigenvalue weighted by Gasteiger charge is 2.24. The van der Waals surface area contributed by atoms with Crippen molar-refractivity contribution in [3.63, 3.8) is 0 Å². The molecule has 1 unspecified atom stereocenters. The third-order valence-electron chi connectivity index (χ3n) is 1.48. The zero-order valence-electron chi connectivity index (χ0n) is 6.58. The zero-order valence-corrected chi connectivity index (χ0v) is 7.34. The normalized spacial score (nSPS) is 29.2. The first-order chi connectivity index (χ1) is 5.27. The fourth-order valence-electron chi connectivity index (χ4n) is 0.829. The van der Waals surface area contributed by atoms with Crippen LogP contribution in [0.5, 0.6) is 0 Å². The monoisotopic (exact) mass is 181 g/mol. The molecule has 1 heterocycles. The molecule has 5 nitrogen and oxygen atoms in total. The van der Waals surface area contributed by atoms with Gasteiger partial charge in [0, 0.05) is 0 Å². The molecule has 0 radical (unpaired) electrons.